The predicted octanol–water partition coefficient (Wildman–Crippen LogP) is 4.07. The van der Waals surface area contributed by atoms with Gasteiger partial charge < -0.3 is 9.64 Å². The van der Waals surface area contributed by atoms with E-state index in [1.807, 2.05) is 35.3 Å². The van der Waals surface area contributed by atoms with E-state index in [1.54, 1.807) is 0 Å². The van der Waals surface area contributed by atoms with Crippen LogP contribution in [0.3, 0.4) is 0 Å². The van der Waals surface area contributed by atoms with Crippen LogP contribution in [0.15, 0.2) is 29.6 Å². The third kappa shape index (κ3) is 2.49. The van der Waals surface area contributed by atoms with Crippen molar-refractivity contribution in [1.82, 2.24) is 4.90 Å². The lowest BCUT2D eigenvalue weighted by Crippen LogP contribution is -2.48. The standard InChI is InChI=1S/C20H23NO2S/c1-14-4-3-5-17(15(14)2)19(22)21-10-8-20(9-11-21)18-16(6-12-23-20)7-13-24-18/h3-5,7,13H,6,8-12H2,1-2H3. The Balaban J connectivity index is 1.53. The van der Waals surface area contributed by atoms with E-state index >= 15 is 0 Å². The first-order chi connectivity index (χ1) is 11.6. The smallest absolute Gasteiger partial charge is 0.254 e. The van der Waals surface area contributed by atoms with Crippen molar-refractivity contribution in [2.24, 2.45) is 0 Å². The molecule has 0 atom stereocenters. The van der Waals surface area contributed by atoms with E-state index in [4.69, 9.17) is 4.74 Å². The van der Waals surface area contributed by atoms with Gasteiger partial charge in [0.1, 0.15) is 5.60 Å². The van der Waals surface area contributed by atoms with Crippen molar-refractivity contribution in [3.8, 4) is 0 Å². The van der Waals surface area contributed by atoms with E-state index in [2.05, 4.69) is 24.4 Å². The minimum atomic E-state index is -0.153. The molecule has 3 heterocycles. The van der Waals surface area contributed by atoms with E-state index in [1.165, 1.54) is 16.0 Å². The lowest BCUT2D eigenvalue weighted by molar-refractivity contribution is -0.0906. The van der Waals surface area contributed by atoms with Crippen LogP contribution in [-0.2, 0) is 16.8 Å². The molecular formula is C20H23NO2S. The monoisotopic (exact) mass is 341 g/mol. The normalized spacial score (nSPS) is 19.3. The van der Waals surface area contributed by atoms with Crippen LogP contribution in [0.1, 0.15) is 44.8 Å². The topological polar surface area (TPSA) is 29.5 Å². The van der Waals surface area contributed by atoms with Gasteiger partial charge in [-0.05, 0) is 67.3 Å². The van der Waals surface area contributed by atoms with Crippen molar-refractivity contribution >= 4 is 17.2 Å². The number of carbonyl (C=O) groups is 1. The van der Waals surface area contributed by atoms with Crippen LogP contribution >= 0.6 is 11.3 Å². The average molecular weight is 341 g/mol. The molecule has 0 saturated carbocycles. The molecule has 0 radical (unpaired) electrons. The highest BCUT2D eigenvalue weighted by Gasteiger charge is 2.42. The average Bonchev–Trinajstić information content (AvgIpc) is 3.08. The summed E-state index contributed by atoms with van der Waals surface area (Å²) in [4.78, 5) is 16.3. The molecule has 0 bridgehead atoms. The van der Waals surface area contributed by atoms with Gasteiger partial charge >= 0.3 is 0 Å². The van der Waals surface area contributed by atoms with Gasteiger partial charge in [-0.15, -0.1) is 11.3 Å². The molecular weight excluding hydrogens is 318 g/mol. The highest BCUT2D eigenvalue weighted by molar-refractivity contribution is 7.10. The molecule has 3 nitrogen and oxygen atoms in total. The zero-order chi connectivity index (χ0) is 16.7. The summed E-state index contributed by atoms with van der Waals surface area (Å²) in [6.45, 7) is 6.43. The maximum atomic E-state index is 12.9. The number of benzene rings is 1. The highest BCUT2D eigenvalue weighted by atomic mass is 32.1. The first kappa shape index (κ1) is 15.9. The maximum Gasteiger partial charge on any atom is 0.254 e. The zero-order valence-electron chi connectivity index (χ0n) is 14.3. The molecule has 1 amide bonds. The van der Waals surface area contributed by atoms with E-state index in [0.29, 0.717) is 0 Å². The molecule has 1 aromatic carbocycles. The van der Waals surface area contributed by atoms with Crippen molar-refractivity contribution in [3.05, 3.63) is 56.8 Å². The summed E-state index contributed by atoms with van der Waals surface area (Å²) in [6, 6.07) is 8.22. The van der Waals surface area contributed by atoms with Crippen LogP contribution < -0.4 is 0 Å². The van der Waals surface area contributed by atoms with Crippen molar-refractivity contribution in [2.45, 2.75) is 38.7 Å². The number of hydrogen-bond donors (Lipinski definition) is 0. The third-order valence-corrected chi connectivity index (χ3v) is 6.75. The van der Waals surface area contributed by atoms with Crippen molar-refractivity contribution in [2.75, 3.05) is 19.7 Å². The van der Waals surface area contributed by atoms with Gasteiger partial charge in [0, 0.05) is 23.5 Å². The molecule has 1 aromatic heterocycles. The predicted molar refractivity (Wildman–Crippen MR) is 96.7 cm³/mol. The molecule has 2 aliphatic rings. The van der Waals surface area contributed by atoms with E-state index in [0.717, 1.165) is 50.1 Å². The summed E-state index contributed by atoms with van der Waals surface area (Å²) >= 11 is 1.81. The summed E-state index contributed by atoms with van der Waals surface area (Å²) < 4.78 is 6.24. The SMILES string of the molecule is Cc1cccc(C(=O)N2CCC3(CC2)OCCc2ccsc23)c1C. The van der Waals surface area contributed by atoms with Crippen LogP contribution in [0.5, 0.6) is 0 Å². The Morgan fingerprint density at radius 2 is 2.00 bits per heavy atom. The number of nitrogens with zero attached hydrogens (tertiary/aromatic N) is 1. The molecule has 1 fully saturated rings. The van der Waals surface area contributed by atoms with Gasteiger partial charge in [0.25, 0.3) is 5.91 Å². The Hall–Kier alpha value is -1.65. The molecule has 126 valence electrons. The summed E-state index contributed by atoms with van der Waals surface area (Å²) in [7, 11) is 0. The lowest BCUT2D eigenvalue weighted by Gasteiger charge is -2.43. The Bertz CT molecular complexity index is 772. The van der Waals surface area contributed by atoms with Gasteiger partial charge in [0.15, 0.2) is 0 Å². The fourth-order valence-electron chi connectivity index (χ4n) is 3.95. The van der Waals surface area contributed by atoms with E-state index < -0.39 is 0 Å². The molecule has 4 heteroatoms. The number of amides is 1. The first-order valence-electron chi connectivity index (χ1n) is 8.67. The third-order valence-electron chi connectivity index (χ3n) is 5.60. The summed E-state index contributed by atoms with van der Waals surface area (Å²) in [5.41, 5.74) is 4.40. The van der Waals surface area contributed by atoms with Crippen LogP contribution in [0, 0.1) is 13.8 Å². The van der Waals surface area contributed by atoms with Gasteiger partial charge in [0.2, 0.25) is 0 Å². The molecule has 2 aliphatic heterocycles. The lowest BCUT2D eigenvalue weighted by atomic mass is 9.85. The number of hydrogen-bond acceptors (Lipinski definition) is 3. The Morgan fingerprint density at radius 1 is 1.21 bits per heavy atom. The number of piperidine rings is 1. The first-order valence-corrected chi connectivity index (χ1v) is 9.55. The largest absolute Gasteiger partial charge is 0.369 e. The molecule has 2 aromatic rings. The molecule has 4 rings (SSSR count). The molecule has 0 N–H and O–H groups in total. The van der Waals surface area contributed by atoms with Gasteiger partial charge in [-0.3, -0.25) is 4.79 Å². The van der Waals surface area contributed by atoms with E-state index in [-0.39, 0.29) is 11.5 Å². The molecule has 24 heavy (non-hydrogen) atoms. The van der Waals surface area contributed by atoms with Crippen LogP contribution in [0.2, 0.25) is 0 Å². The molecule has 1 spiro atoms. The molecule has 0 unspecified atom stereocenters. The number of aryl methyl sites for hydroxylation is 1. The summed E-state index contributed by atoms with van der Waals surface area (Å²) in [5, 5.41) is 2.18. The number of thiophene rings is 1. The fourth-order valence-corrected chi connectivity index (χ4v) is 5.12. The number of rotatable bonds is 1. The quantitative estimate of drug-likeness (QED) is 0.782. The van der Waals surface area contributed by atoms with Gasteiger partial charge in [0.05, 0.1) is 6.61 Å². The van der Waals surface area contributed by atoms with Crippen LogP contribution in [-0.4, -0.2) is 30.5 Å². The maximum absolute atomic E-state index is 12.9. The molecule has 0 aliphatic carbocycles. The second-order valence-corrected chi connectivity index (χ2v) is 7.82. The second kappa shape index (κ2) is 6.01. The number of ether oxygens (including phenoxy) is 1. The van der Waals surface area contributed by atoms with Crippen molar-refractivity contribution < 1.29 is 9.53 Å². The van der Waals surface area contributed by atoms with E-state index in [9.17, 15) is 4.79 Å². The van der Waals surface area contributed by atoms with Gasteiger partial charge in [-0.1, -0.05) is 12.1 Å². The Kier molecular flexibility index (Phi) is 3.97. The minimum Gasteiger partial charge on any atom is -0.369 e. The summed E-state index contributed by atoms with van der Waals surface area (Å²) in [5.74, 6) is 0.160. The van der Waals surface area contributed by atoms with Crippen LogP contribution in [0.4, 0.5) is 0 Å². The van der Waals surface area contributed by atoms with Gasteiger partial charge in [-0.2, -0.15) is 0 Å². The second-order valence-electron chi connectivity index (χ2n) is 6.91. The fraction of sp³-hybridized carbons (Fsp3) is 0.450. The van der Waals surface area contributed by atoms with Gasteiger partial charge in [-0.25, -0.2) is 0 Å². The summed E-state index contributed by atoms with van der Waals surface area (Å²) in [6.07, 6.45) is 2.82. The Labute approximate surface area is 147 Å². The highest BCUT2D eigenvalue weighted by Crippen LogP contribution is 2.44. The minimum absolute atomic E-state index is 0.153. The van der Waals surface area contributed by atoms with Crippen molar-refractivity contribution in [1.29, 1.82) is 0 Å². The number of likely N-dealkylation sites (tertiary alicyclic amines) is 1. The molecule has 1 saturated heterocycles. The van der Waals surface area contributed by atoms with Crippen molar-refractivity contribution in [3.63, 3.8) is 0 Å². The number of fused-ring (bicyclic) bond motifs is 2. The van der Waals surface area contributed by atoms with Crippen LogP contribution in [0.25, 0.3) is 0 Å². The Morgan fingerprint density at radius 3 is 2.79 bits per heavy atom. The number of carbonyl (C=O) groups excluding carboxylic acids is 1. The zero-order valence-corrected chi connectivity index (χ0v) is 15.1.